The lowest BCUT2D eigenvalue weighted by Gasteiger charge is -2.39. The number of allylic oxidation sites excluding steroid dienone is 3. The van der Waals surface area contributed by atoms with Crippen LogP contribution in [0.4, 0.5) is 5.82 Å². The molecule has 0 saturated carbocycles. The summed E-state index contributed by atoms with van der Waals surface area (Å²) in [4.78, 5) is 32.0. The molecule has 2 N–H and O–H groups in total. The second-order valence-electron chi connectivity index (χ2n) is 11.5. The zero-order valence-corrected chi connectivity index (χ0v) is 26.6. The van der Waals surface area contributed by atoms with Gasteiger partial charge in [-0.15, -0.1) is 0 Å². The molecule has 2 aliphatic rings. The minimum Gasteiger partial charge on any atom is -0.496 e. The first-order valence-electron chi connectivity index (χ1n) is 13.7. The highest BCUT2D eigenvalue weighted by Crippen LogP contribution is 2.47. The number of hydrogen-bond donors (Lipinski definition) is 2. The molecule has 0 spiro atoms. The average molecular weight is 651 g/mol. The fraction of sp³-hybridized carbons (Fsp3) is 0.303. The van der Waals surface area contributed by atoms with Crippen LogP contribution in [0.15, 0.2) is 81.7 Å². The predicted octanol–water partition coefficient (Wildman–Crippen LogP) is 7.64. The van der Waals surface area contributed by atoms with Crippen LogP contribution in [-0.2, 0) is 16.2 Å². The molecule has 2 heterocycles. The van der Waals surface area contributed by atoms with Gasteiger partial charge in [0.25, 0.3) is 5.91 Å². The van der Waals surface area contributed by atoms with Crippen LogP contribution in [0.2, 0.25) is 5.02 Å². The number of hydrogen-bond acceptors (Lipinski definition) is 6. The van der Waals surface area contributed by atoms with Gasteiger partial charge >= 0.3 is 0 Å². The van der Waals surface area contributed by atoms with Crippen LogP contribution in [0.5, 0.6) is 11.5 Å². The van der Waals surface area contributed by atoms with E-state index in [1.165, 1.54) is 0 Å². The van der Waals surface area contributed by atoms with E-state index in [2.05, 4.69) is 45.4 Å². The number of aromatic nitrogens is 1. The molecule has 3 aromatic rings. The number of nitrogens with zero attached hydrogens (tertiary/aromatic N) is 1. The first-order valence-corrected chi connectivity index (χ1v) is 14.9. The normalized spacial score (nSPS) is 17.9. The maximum Gasteiger partial charge on any atom is 0.255 e. The second-order valence-corrected chi connectivity index (χ2v) is 12.9. The molecule has 0 bridgehead atoms. The van der Waals surface area contributed by atoms with E-state index >= 15 is 0 Å². The number of Topliss-reactive ketones (excluding diaryl/α,β-unsaturated/α-hetero) is 1. The van der Waals surface area contributed by atoms with Crippen molar-refractivity contribution >= 4 is 45.0 Å². The van der Waals surface area contributed by atoms with Gasteiger partial charge in [0.15, 0.2) is 5.78 Å². The van der Waals surface area contributed by atoms with Crippen molar-refractivity contribution in [1.29, 1.82) is 0 Å². The Hall–Kier alpha value is -3.62. The summed E-state index contributed by atoms with van der Waals surface area (Å²) >= 11 is 9.81. The molecule has 42 heavy (non-hydrogen) atoms. The van der Waals surface area contributed by atoms with Gasteiger partial charge in [-0.1, -0.05) is 53.5 Å². The van der Waals surface area contributed by atoms with Gasteiger partial charge in [-0.2, -0.15) is 0 Å². The van der Waals surface area contributed by atoms with Gasteiger partial charge in [0, 0.05) is 51.1 Å². The number of aryl methyl sites for hydroxylation is 1. The Balaban J connectivity index is 1.57. The molecule has 0 fully saturated rings. The molecule has 7 nitrogen and oxygen atoms in total. The number of pyridine rings is 1. The van der Waals surface area contributed by atoms with E-state index in [1.54, 1.807) is 31.5 Å². The van der Waals surface area contributed by atoms with E-state index in [0.29, 0.717) is 52.0 Å². The fourth-order valence-electron chi connectivity index (χ4n) is 5.63. The summed E-state index contributed by atoms with van der Waals surface area (Å²) in [5.74, 6) is 0.722. The number of ether oxygens (including phenoxy) is 2. The average Bonchev–Trinajstić information content (AvgIpc) is 2.92. The largest absolute Gasteiger partial charge is 0.496 e. The van der Waals surface area contributed by atoms with Gasteiger partial charge in [0.2, 0.25) is 0 Å². The fourth-order valence-corrected chi connectivity index (χ4v) is 6.36. The van der Waals surface area contributed by atoms with Gasteiger partial charge in [-0.25, -0.2) is 4.98 Å². The quantitative estimate of drug-likeness (QED) is 0.273. The first-order chi connectivity index (χ1) is 20.0. The van der Waals surface area contributed by atoms with Crippen molar-refractivity contribution < 1.29 is 19.1 Å². The number of amides is 1. The maximum atomic E-state index is 13.9. The third kappa shape index (κ3) is 6.25. The topological polar surface area (TPSA) is 89.5 Å². The van der Waals surface area contributed by atoms with Crippen molar-refractivity contribution in [2.75, 3.05) is 12.4 Å². The lowest BCUT2D eigenvalue weighted by Crippen LogP contribution is -2.39. The molecule has 5 rings (SSSR count). The predicted molar refractivity (Wildman–Crippen MR) is 168 cm³/mol. The Kier molecular flexibility index (Phi) is 8.49. The molecular weight excluding hydrogens is 618 g/mol. The molecular formula is C33H33BrClN3O4. The van der Waals surface area contributed by atoms with Crippen LogP contribution < -0.4 is 20.1 Å². The SMILES string of the molecule is COc1ccc(C2C(C(=O)Nc3ccc(C)cn3)=C(C)NC3=C2C(=O)CC(C)(C)C3)cc1COc1ccc(Br)cc1Cl. The van der Waals surface area contributed by atoms with Gasteiger partial charge < -0.3 is 20.1 Å². The number of dihydropyridines is 1. The highest BCUT2D eigenvalue weighted by atomic mass is 79.9. The number of carbonyl (C=O) groups is 2. The Morgan fingerprint density at radius 1 is 1.12 bits per heavy atom. The van der Waals surface area contributed by atoms with Crippen molar-refractivity contribution in [3.8, 4) is 11.5 Å². The zero-order valence-electron chi connectivity index (χ0n) is 24.2. The van der Waals surface area contributed by atoms with Crippen LogP contribution in [-0.4, -0.2) is 23.8 Å². The van der Waals surface area contributed by atoms with Gasteiger partial charge in [-0.05, 0) is 73.2 Å². The molecule has 9 heteroatoms. The van der Waals surface area contributed by atoms with Crippen molar-refractivity contribution in [3.05, 3.63) is 103 Å². The molecule has 1 amide bonds. The monoisotopic (exact) mass is 649 g/mol. The molecule has 218 valence electrons. The number of halogens is 2. The smallest absolute Gasteiger partial charge is 0.255 e. The van der Waals surface area contributed by atoms with E-state index in [-0.39, 0.29) is 23.7 Å². The third-order valence-electron chi connectivity index (χ3n) is 7.55. The van der Waals surface area contributed by atoms with Crippen molar-refractivity contribution in [3.63, 3.8) is 0 Å². The number of benzene rings is 2. The van der Waals surface area contributed by atoms with Crippen LogP contribution >= 0.6 is 27.5 Å². The third-order valence-corrected chi connectivity index (χ3v) is 8.34. The Morgan fingerprint density at radius 2 is 1.88 bits per heavy atom. The summed E-state index contributed by atoms with van der Waals surface area (Å²) < 4.78 is 12.6. The minimum absolute atomic E-state index is 0.0280. The molecule has 0 radical (unpaired) electrons. The lowest BCUT2D eigenvalue weighted by molar-refractivity contribution is -0.118. The van der Waals surface area contributed by atoms with E-state index in [9.17, 15) is 9.59 Å². The van der Waals surface area contributed by atoms with E-state index in [4.69, 9.17) is 21.1 Å². The van der Waals surface area contributed by atoms with E-state index in [1.807, 2.05) is 44.2 Å². The highest BCUT2D eigenvalue weighted by molar-refractivity contribution is 9.10. The summed E-state index contributed by atoms with van der Waals surface area (Å²) in [6.45, 7) is 8.17. The Morgan fingerprint density at radius 3 is 2.57 bits per heavy atom. The number of carbonyl (C=O) groups excluding carboxylic acids is 2. The molecule has 1 aromatic heterocycles. The van der Waals surface area contributed by atoms with Crippen LogP contribution in [0.3, 0.4) is 0 Å². The number of anilines is 1. The maximum absolute atomic E-state index is 13.9. The van der Waals surface area contributed by atoms with Crippen molar-refractivity contribution in [1.82, 2.24) is 10.3 Å². The molecule has 1 unspecified atom stereocenters. The number of rotatable bonds is 7. The Labute approximate surface area is 259 Å². The van der Waals surface area contributed by atoms with Crippen LogP contribution in [0.25, 0.3) is 0 Å². The standard InChI is InChI=1S/C33H33BrClN3O4/c1-18-6-11-28(36-16-18)38-32(40)29-19(2)37-24-14-33(3,4)15-25(39)31(24)30(29)20-7-9-26(41-5)21(12-20)17-42-27-10-8-22(34)13-23(27)35/h6-13,16,30,37H,14-15,17H2,1-5H3,(H,36,38,40). The molecule has 1 aliphatic carbocycles. The minimum atomic E-state index is -0.587. The molecule has 0 saturated heterocycles. The molecule has 2 aromatic carbocycles. The molecule has 1 aliphatic heterocycles. The number of nitrogens with one attached hydrogen (secondary N) is 2. The van der Waals surface area contributed by atoms with Gasteiger partial charge in [0.1, 0.15) is 23.9 Å². The van der Waals surface area contributed by atoms with Gasteiger partial charge in [0.05, 0.1) is 12.1 Å². The van der Waals surface area contributed by atoms with E-state index in [0.717, 1.165) is 26.9 Å². The van der Waals surface area contributed by atoms with Gasteiger partial charge in [-0.3, -0.25) is 9.59 Å². The number of methoxy groups -OCH3 is 1. The highest BCUT2D eigenvalue weighted by Gasteiger charge is 2.43. The first kappa shape index (κ1) is 29.9. The summed E-state index contributed by atoms with van der Waals surface area (Å²) in [6.07, 6.45) is 2.80. The van der Waals surface area contributed by atoms with Crippen LogP contribution in [0, 0.1) is 12.3 Å². The van der Waals surface area contributed by atoms with Crippen molar-refractivity contribution in [2.45, 2.75) is 53.1 Å². The van der Waals surface area contributed by atoms with E-state index < -0.39 is 5.92 Å². The summed E-state index contributed by atoms with van der Waals surface area (Å²) in [5.41, 5.74) is 5.00. The van der Waals surface area contributed by atoms with Crippen molar-refractivity contribution in [2.24, 2.45) is 5.41 Å². The van der Waals surface area contributed by atoms with Crippen LogP contribution in [0.1, 0.15) is 56.2 Å². The Bertz CT molecular complexity index is 1630. The second kappa shape index (κ2) is 11.9. The summed E-state index contributed by atoms with van der Waals surface area (Å²) in [7, 11) is 1.60. The lowest BCUT2D eigenvalue weighted by atomic mass is 9.68. The number of ketones is 1. The molecule has 1 atom stereocenters. The summed E-state index contributed by atoms with van der Waals surface area (Å²) in [6, 6.07) is 14.8. The summed E-state index contributed by atoms with van der Waals surface area (Å²) in [5, 5.41) is 6.83. The zero-order chi connectivity index (χ0) is 30.2.